The summed E-state index contributed by atoms with van der Waals surface area (Å²) in [5.74, 6) is 4.63. The first kappa shape index (κ1) is 16.3. The number of alkyl halides is 3. The summed E-state index contributed by atoms with van der Waals surface area (Å²) in [5, 5.41) is 0.357. The first-order valence-electron chi connectivity index (χ1n) is 5.70. The van der Waals surface area contributed by atoms with Crippen molar-refractivity contribution in [3.8, 4) is 0 Å². The third-order valence-electron chi connectivity index (χ3n) is 2.50. The Labute approximate surface area is 113 Å². The highest BCUT2D eigenvalue weighted by Crippen LogP contribution is 2.32. The Morgan fingerprint density at radius 1 is 1.32 bits per heavy atom. The van der Waals surface area contributed by atoms with Gasteiger partial charge in [-0.3, -0.25) is 11.3 Å². The summed E-state index contributed by atoms with van der Waals surface area (Å²) in [5.41, 5.74) is 1.63. The van der Waals surface area contributed by atoms with Gasteiger partial charge in [-0.05, 0) is 22.9 Å². The molecule has 1 unspecified atom stereocenters. The fourth-order valence-corrected chi connectivity index (χ4v) is 2.37. The lowest BCUT2D eigenvalue weighted by molar-refractivity contribution is -0.140. The van der Waals surface area contributed by atoms with Crippen molar-refractivity contribution in [2.75, 3.05) is 5.75 Å². The third-order valence-corrected chi connectivity index (χ3v) is 3.69. The van der Waals surface area contributed by atoms with Crippen LogP contribution in [-0.4, -0.2) is 11.0 Å². The van der Waals surface area contributed by atoms with Crippen molar-refractivity contribution < 1.29 is 17.6 Å². The summed E-state index contributed by atoms with van der Waals surface area (Å²) >= 11 is 1.59. The average molecular weight is 296 g/mol. The van der Waals surface area contributed by atoms with Crippen LogP contribution in [0.15, 0.2) is 18.2 Å². The molecule has 0 aliphatic carbocycles. The minimum Gasteiger partial charge on any atom is -0.271 e. The van der Waals surface area contributed by atoms with Gasteiger partial charge < -0.3 is 0 Å². The zero-order valence-electron chi connectivity index (χ0n) is 10.6. The maximum Gasteiger partial charge on any atom is 0.419 e. The molecule has 0 saturated heterocycles. The van der Waals surface area contributed by atoms with Gasteiger partial charge in [0.2, 0.25) is 0 Å². The van der Waals surface area contributed by atoms with Crippen molar-refractivity contribution in [1.29, 1.82) is 0 Å². The van der Waals surface area contributed by atoms with Crippen LogP contribution in [0.3, 0.4) is 0 Å². The van der Waals surface area contributed by atoms with Gasteiger partial charge in [0.05, 0.1) is 11.6 Å². The number of nitrogens with two attached hydrogens (primary N) is 1. The number of benzene rings is 1. The van der Waals surface area contributed by atoms with Gasteiger partial charge >= 0.3 is 6.18 Å². The largest absolute Gasteiger partial charge is 0.419 e. The van der Waals surface area contributed by atoms with E-state index in [-0.39, 0.29) is 6.04 Å². The Bertz CT molecular complexity index is 421. The van der Waals surface area contributed by atoms with E-state index in [1.807, 2.05) is 13.8 Å². The Kier molecular flexibility index (Phi) is 5.64. The molecule has 0 saturated carbocycles. The molecule has 2 nitrogen and oxygen atoms in total. The maximum atomic E-state index is 13.4. The highest BCUT2D eigenvalue weighted by molar-refractivity contribution is 7.99. The molecular formula is C12H16F4N2S. The van der Waals surface area contributed by atoms with Gasteiger partial charge in [0.25, 0.3) is 0 Å². The molecule has 0 bridgehead atoms. The zero-order valence-corrected chi connectivity index (χ0v) is 11.4. The zero-order chi connectivity index (χ0) is 14.6. The maximum absolute atomic E-state index is 13.4. The summed E-state index contributed by atoms with van der Waals surface area (Å²) < 4.78 is 50.7. The van der Waals surface area contributed by atoms with Crippen molar-refractivity contribution in [1.82, 2.24) is 5.43 Å². The van der Waals surface area contributed by atoms with Crippen molar-refractivity contribution in [2.24, 2.45) is 5.84 Å². The van der Waals surface area contributed by atoms with Crippen molar-refractivity contribution in [3.63, 3.8) is 0 Å². The molecule has 0 amide bonds. The quantitative estimate of drug-likeness (QED) is 0.496. The molecule has 3 N–H and O–H groups in total. The molecular weight excluding hydrogens is 280 g/mol. The standard InChI is InChI=1S/C12H16F4N2S/c1-7(2)19-6-11(18-17)8-3-4-9(10(13)5-8)12(14,15)16/h3-5,7,11,18H,6,17H2,1-2H3. The number of halogens is 4. The van der Waals surface area contributed by atoms with E-state index in [2.05, 4.69) is 5.43 Å². The van der Waals surface area contributed by atoms with E-state index >= 15 is 0 Å². The van der Waals surface area contributed by atoms with Crippen LogP contribution in [0.5, 0.6) is 0 Å². The topological polar surface area (TPSA) is 38.0 Å². The number of rotatable bonds is 5. The third kappa shape index (κ3) is 4.67. The lowest BCUT2D eigenvalue weighted by Gasteiger charge is -2.18. The summed E-state index contributed by atoms with van der Waals surface area (Å²) in [6, 6.07) is 2.49. The number of hydrogen-bond acceptors (Lipinski definition) is 3. The number of hydrazine groups is 1. The predicted molar refractivity (Wildman–Crippen MR) is 69.1 cm³/mol. The van der Waals surface area contributed by atoms with Gasteiger partial charge in [-0.2, -0.15) is 24.9 Å². The van der Waals surface area contributed by atoms with E-state index in [0.29, 0.717) is 16.6 Å². The molecule has 0 radical (unpaired) electrons. The molecule has 0 aliphatic rings. The minimum absolute atomic E-state index is 0.357. The average Bonchev–Trinajstić information content (AvgIpc) is 2.27. The van der Waals surface area contributed by atoms with Gasteiger partial charge in [-0.1, -0.05) is 19.9 Å². The van der Waals surface area contributed by atoms with Gasteiger partial charge in [-0.15, -0.1) is 0 Å². The molecule has 108 valence electrons. The lowest BCUT2D eigenvalue weighted by Crippen LogP contribution is -2.30. The van der Waals surface area contributed by atoms with Crippen LogP contribution in [0, 0.1) is 5.82 Å². The molecule has 1 aromatic rings. The lowest BCUT2D eigenvalue weighted by atomic mass is 10.1. The molecule has 1 atom stereocenters. The van der Waals surface area contributed by atoms with E-state index in [4.69, 9.17) is 5.84 Å². The second-order valence-electron chi connectivity index (χ2n) is 4.34. The van der Waals surface area contributed by atoms with E-state index in [1.165, 1.54) is 6.07 Å². The molecule has 0 spiro atoms. The van der Waals surface area contributed by atoms with Gasteiger partial charge in [-0.25, -0.2) is 4.39 Å². The van der Waals surface area contributed by atoms with E-state index in [1.54, 1.807) is 11.8 Å². The molecule has 19 heavy (non-hydrogen) atoms. The van der Waals surface area contributed by atoms with Crippen LogP contribution in [0.25, 0.3) is 0 Å². The molecule has 1 rings (SSSR count). The van der Waals surface area contributed by atoms with Crippen molar-refractivity contribution in [2.45, 2.75) is 31.3 Å². The SMILES string of the molecule is CC(C)SCC(NN)c1ccc(C(F)(F)F)c(F)c1. The Morgan fingerprint density at radius 2 is 1.95 bits per heavy atom. The first-order valence-corrected chi connectivity index (χ1v) is 6.75. The van der Waals surface area contributed by atoms with Crippen molar-refractivity contribution in [3.05, 3.63) is 35.1 Å². The predicted octanol–water partition coefficient (Wildman–Crippen LogP) is 3.49. The molecule has 7 heteroatoms. The second-order valence-corrected chi connectivity index (χ2v) is 5.95. The van der Waals surface area contributed by atoms with Gasteiger partial charge in [0.1, 0.15) is 5.82 Å². The molecule has 0 fully saturated rings. The fraction of sp³-hybridized carbons (Fsp3) is 0.500. The van der Waals surface area contributed by atoms with Crippen LogP contribution in [0.2, 0.25) is 0 Å². The number of nitrogens with one attached hydrogen (secondary N) is 1. The molecule has 0 aliphatic heterocycles. The van der Waals surface area contributed by atoms with E-state index in [9.17, 15) is 17.6 Å². The summed E-state index contributed by atoms with van der Waals surface area (Å²) in [6.07, 6.45) is -4.68. The fourth-order valence-electron chi connectivity index (χ4n) is 1.51. The van der Waals surface area contributed by atoms with Crippen LogP contribution in [0.4, 0.5) is 17.6 Å². The van der Waals surface area contributed by atoms with Crippen LogP contribution in [0.1, 0.15) is 31.0 Å². The van der Waals surface area contributed by atoms with Crippen LogP contribution in [-0.2, 0) is 6.18 Å². The minimum atomic E-state index is -4.68. The Balaban J connectivity index is 2.92. The Morgan fingerprint density at radius 3 is 2.37 bits per heavy atom. The Hall–Kier alpha value is -0.790. The number of hydrogen-bond donors (Lipinski definition) is 2. The van der Waals surface area contributed by atoms with Crippen LogP contribution >= 0.6 is 11.8 Å². The first-order chi connectivity index (χ1) is 8.75. The van der Waals surface area contributed by atoms with Crippen molar-refractivity contribution >= 4 is 11.8 Å². The normalized spacial score (nSPS) is 13.9. The summed E-state index contributed by atoms with van der Waals surface area (Å²) in [7, 11) is 0. The molecule has 0 heterocycles. The van der Waals surface area contributed by atoms with Crippen LogP contribution < -0.4 is 11.3 Å². The van der Waals surface area contributed by atoms with Gasteiger partial charge in [0.15, 0.2) is 0 Å². The van der Waals surface area contributed by atoms with Gasteiger partial charge in [0, 0.05) is 5.75 Å². The van der Waals surface area contributed by atoms with E-state index in [0.717, 1.165) is 12.1 Å². The monoisotopic (exact) mass is 296 g/mol. The molecule has 1 aromatic carbocycles. The van der Waals surface area contributed by atoms with E-state index < -0.39 is 17.6 Å². The molecule has 0 aromatic heterocycles. The summed E-state index contributed by atoms with van der Waals surface area (Å²) in [4.78, 5) is 0. The second kappa shape index (κ2) is 6.58. The highest BCUT2D eigenvalue weighted by atomic mass is 32.2. The smallest absolute Gasteiger partial charge is 0.271 e. The highest BCUT2D eigenvalue weighted by Gasteiger charge is 2.34. The number of thioether (sulfide) groups is 1. The summed E-state index contributed by atoms with van der Waals surface area (Å²) in [6.45, 7) is 3.98.